The summed E-state index contributed by atoms with van der Waals surface area (Å²) in [5.41, 5.74) is 1.72. The van der Waals surface area contributed by atoms with E-state index < -0.39 is 16.8 Å². The van der Waals surface area contributed by atoms with E-state index in [1.165, 1.54) is 6.42 Å². The Hall–Kier alpha value is -2.22. The second kappa shape index (κ2) is 13.0. The Kier molecular flexibility index (Phi) is 10.1. The molecule has 0 saturated heterocycles. The van der Waals surface area contributed by atoms with Crippen LogP contribution in [0.3, 0.4) is 0 Å². The van der Waals surface area contributed by atoms with Gasteiger partial charge >= 0.3 is 0 Å². The molecule has 0 unspecified atom stereocenters. The van der Waals surface area contributed by atoms with Crippen LogP contribution in [0.4, 0.5) is 5.69 Å². The van der Waals surface area contributed by atoms with Gasteiger partial charge in [0.2, 0.25) is 17.7 Å². The second-order valence-electron chi connectivity index (χ2n) is 9.76. The van der Waals surface area contributed by atoms with Crippen molar-refractivity contribution in [3.63, 3.8) is 0 Å². The zero-order chi connectivity index (χ0) is 24.5. The Balaban J connectivity index is 1.59. The fraction of sp³-hybridized carbons (Fsp3) is 0.654. The van der Waals surface area contributed by atoms with Crippen LogP contribution < -0.4 is 10.6 Å². The van der Waals surface area contributed by atoms with E-state index in [1.54, 1.807) is 24.0 Å². The fourth-order valence-corrected chi connectivity index (χ4v) is 5.92. The highest BCUT2D eigenvalue weighted by molar-refractivity contribution is 7.86. The van der Waals surface area contributed by atoms with Gasteiger partial charge in [-0.2, -0.15) is 0 Å². The fourth-order valence-electron chi connectivity index (χ4n) is 5.03. The Labute approximate surface area is 205 Å². The van der Waals surface area contributed by atoms with Crippen LogP contribution in [0.2, 0.25) is 0 Å². The zero-order valence-corrected chi connectivity index (χ0v) is 21.3. The summed E-state index contributed by atoms with van der Waals surface area (Å²) in [7, 11) is -1.65. The monoisotopic (exact) mass is 489 g/mol. The molecule has 3 amide bonds. The number of hydrogen-bond donors (Lipinski definition) is 2. The minimum absolute atomic E-state index is 0.0215. The number of nitrogens with zero attached hydrogens (tertiary/aromatic N) is 1. The van der Waals surface area contributed by atoms with Gasteiger partial charge in [-0.05, 0) is 51.7 Å². The number of benzene rings is 1. The normalized spacial score (nSPS) is 19.1. The van der Waals surface area contributed by atoms with Crippen molar-refractivity contribution in [1.82, 2.24) is 10.2 Å². The largest absolute Gasteiger partial charge is 0.352 e. The first kappa shape index (κ1) is 26.4. The molecule has 0 radical (unpaired) electrons. The molecule has 2 N–H and O–H groups in total. The van der Waals surface area contributed by atoms with E-state index in [2.05, 4.69) is 10.6 Å². The molecule has 0 heterocycles. The predicted octanol–water partition coefficient (Wildman–Crippen LogP) is 3.68. The van der Waals surface area contributed by atoms with Gasteiger partial charge in [-0.25, -0.2) is 0 Å². The van der Waals surface area contributed by atoms with Crippen molar-refractivity contribution in [2.24, 2.45) is 0 Å². The van der Waals surface area contributed by atoms with Gasteiger partial charge in [-0.1, -0.05) is 56.2 Å². The summed E-state index contributed by atoms with van der Waals surface area (Å²) < 4.78 is 12.7. The molecule has 0 aromatic heterocycles. The second-order valence-corrected chi connectivity index (χ2v) is 11.2. The first-order chi connectivity index (χ1) is 16.3. The molecule has 1 aromatic carbocycles. The highest BCUT2D eigenvalue weighted by Crippen LogP contribution is 2.25. The molecule has 8 heteroatoms. The van der Waals surface area contributed by atoms with Crippen LogP contribution in [0, 0.1) is 6.92 Å². The van der Waals surface area contributed by atoms with Crippen molar-refractivity contribution in [2.45, 2.75) is 96.2 Å². The van der Waals surface area contributed by atoms with Crippen LogP contribution >= 0.6 is 0 Å². The summed E-state index contributed by atoms with van der Waals surface area (Å²) in [5, 5.41) is 5.87. The summed E-state index contributed by atoms with van der Waals surface area (Å²) in [6.07, 6.45) is 10.3. The number of anilines is 1. The van der Waals surface area contributed by atoms with Crippen LogP contribution in [0.15, 0.2) is 24.3 Å². The standard InChI is InChI=1S/C26H39N3O4S/c1-19-13-15-22(16-14-19)27-24(30)17-34(33)18-25(31)29(23-11-7-4-8-12-23)20(2)26(32)28-21-9-5-3-6-10-21/h13-16,20-21,23H,3-12,17-18H2,1-2H3,(H,27,30)(H,28,32)/t20-,34-/m0/s1. The minimum atomic E-state index is -1.65. The number of nitrogens with one attached hydrogen (secondary N) is 2. The molecule has 2 fully saturated rings. The topological polar surface area (TPSA) is 95.6 Å². The SMILES string of the molecule is Cc1ccc(NC(=O)C[S@](=O)CC(=O)N(C2CCCCC2)[C@@H](C)C(=O)NC2CCCCC2)cc1. The lowest BCUT2D eigenvalue weighted by Crippen LogP contribution is -2.55. The van der Waals surface area contributed by atoms with Crippen molar-refractivity contribution in [3.8, 4) is 0 Å². The minimum Gasteiger partial charge on any atom is -0.352 e. The molecular weight excluding hydrogens is 450 g/mol. The number of carbonyl (C=O) groups is 3. The smallest absolute Gasteiger partial charge is 0.242 e. The van der Waals surface area contributed by atoms with Crippen LogP contribution in [0.1, 0.15) is 76.7 Å². The lowest BCUT2D eigenvalue weighted by molar-refractivity contribution is -0.141. The van der Waals surface area contributed by atoms with Crippen molar-refractivity contribution < 1.29 is 18.6 Å². The van der Waals surface area contributed by atoms with Gasteiger partial charge < -0.3 is 15.5 Å². The Morgan fingerprint density at radius 3 is 2.15 bits per heavy atom. The van der Waals surface area contributed by atoms with Gasteiger partial charge in [0.25, 0.3) is 0 Å². The molecule has 2 aliphatic carbocycles. The lowest BCUT2D eigenvalue weighted by atomic mass is 9.92. The zero-order valence-electron chi connectivity index (χ0n) is 20.5. The Bertz CT molecular complexity index is 861. The summed E-state index contributed by atoms with van der Waals surface area (Å²) >= 11 is 0. The van der Waals surface area contributed by atoms with Crippen molar-refractivity contribution in [2.75, 3.05) is 16.8 Å². The van der Waals surface area contributed by atoms with Gasteiger partial charge in [-0.15, -0.1) is 0 Å². The predicted molar refractivity (Wildman–Crippen MR) is 136 cm³/mol. The van der Waals surface area contributed by atoms with Crippen molar-refractivity contribution >= 4 is 34.2 Å². The molecule has 0 aliphatic heterocycles. The maximum atomic E-state index is 13.3. The maximum Gasteiger partial charge on any atom is 0.242 e. The Morgan fingerprint density at radius 2 is 1.53 bits per heavy atom. The number of rotatable bonds is 9. The van der Waals surface area contributed by atoms with Gasteiger partial charge in [0, 0.05) is 28.6 Å². The van der Waals surface area contributed by atoms with E-state index in [0.717, 1.165) is 63.4 Å². The van der Waals surface area contributed by atoms with Gasteiger partial charge in [0.05, 0.1) is 0 Å². The van der Waals surface area contributed by atoms with E-state index in [9.17, 15) is 18.6 Å². The summed E-state index contributed by atoms with van der Waals surface area (Å²) in [5.74, 6) is -1.32. The molecule has 34 heavy (non-hydrogen) atoms. The number of hydrogen-bond acceptors (Lipinski definition) is 4. The summed E-state index contributed by atoms with van der Waals surface area (Å²) in [4.78, 5) is 40.3. The van der Waals surface area contributed by atoms with Gasteiger partial charge in [-0.3, -0.25) is 18.6 Å². The third-order valence-corrected chi connectivity index (χ3v) is 8.07. The average Bonchev–Trinajstić information content (AvgIpc) is 2.81. The molecule has 2 saturated carbocycles. The molecule has 188 valence electrons. The number of aryl methyl sites for hydroxylation is 1. The van der Waals surface area contributed by atoms with Crippen LogP contribution in [0.5, 0.6) is 0 Å². The van der Waals surface area contributed by atoms with Crippen molar-refractivity contribution in [1.29, 1.82) is 0 Å². The maximum absolute atomic E-state index is 13.3. The van der Waals surface area contributed by atoms with E-state index >= 15 is 0 Å². The molecule has 1 aromatic rings. The summed E-state index contributed by atoms with van der Waals surface area (Å²) in [6.45, 7) is 3.73. The molecule has 7 nitrogen and oxygen atoms in total. The molecule has 0 bridgehead atoms. The molecule has 2 atom stereocenters. The number of amides is 3. The summed E-state index contributed by atoms with van der Waals surface area (Å²) in [6, 6.07) is 6.89. The van der Waals surface area contributed by atoms with Gasteiger partial charge in [0.1, 0.15) is 17.5 Å². The highest BCUT2D eigenvalue weighted by Gasteiger charge is 2.34. The van der Waals surface area contributed by atoms with Crippen LogP contribution in [0.25, 0.3) is 0 Å². The molecular formula is C26H39N3O4S. The lowest BCUT2D eigenvalue weighted by Gasteiger charge is -2.38. The average molecular weight is 490 g/mol. The third-order valence-electron chi connectivity index (χ3n) is 6.92. The van der Waals surface area contributed by atoms with Crippen molar-refractivity contribution in [3.05, 3.63) is 29.8 Å². The Morgan fingerprint density at radius 1 is 0.941 bits per heavy atom. The molecule has 0 spiro atoms. The first-order valence-electron chi connectivity index (χ1n) is 12.7. The highest BCUT2D eigenvalue weighted by atomic mass is 32.2. The van der Waals surface area contributed by atoms with E-state index in [4.69, 9.17) is 0 Å². The van der Waals surface area contributed by atoms with E-state index in [-0.39, 0.29) is 41.3 Å². The van der Waals surface area contributed by atoms with Crippen LogP contribution in [-0.2, 0) is 25.2 Å². The third kappa shape index (κ3) is 7.93. The van der Waals surface area contributed by atoms with Gasteiger partial charge in [0.15, 0.2) is 0 Å². The first-order valence-corrected chi connectivity index (χ1v) is 14.2. The van der Waals surface area contributed by atoms with Crippen LogP contribution in [-0.4, -0.2) is 56.5 Å². The number of carbonyl (C=O) groups excluding carboxylic acids is 3. The molecule has 2 aliphatic rings. The quantitative estimate of drug-likeness (QED) is 0.553. The van der Waals surface area contributed by atoms with E-state index in [1.807, 2.05) is 19.1 Å². The van der Waals surface area contributed by atoms with E-state index in [0.29, 0.717) is 5.69 Å². The molecule has 3 rings (SSSR count).